The molecule has 35 heavy (non-hydrogen) atoms. The second-order valence-corrected chi connectivity index (χ2v) is 9.85. The van der Waals surface area contributed by atoms with E-state index in [1.165, 1.54) is 16.9 Å². The molecule has 0 aliphatic carbocycles. The summed E-state index contributed by atoms with van der Waals surface area (Å²) in [5.74, 6) is 0.399. The Kier molecular flexibility index (Phi) is 6.86. The zero-order valence-corrected chi connectivity index (χ0v) is 20.5. The van der Waals surface area contributed by atoms with Crippen LogP contribution in [0.15, 0.2) is 77.8 Å². The summed E-state index contributed by atoms with van der Waals surface area (Å²) >= 11 is 1.54. The molecule has 0 N–H and O–H groups in total. The molecule has 5 rings (SSSR count). The fraction of sp³-hybridized carbons (Fsp3) is 0.286. The largest absolute Gasteiger partial charge is 0.339 e. The molecule has 0 spiro atoms. The van der Waals surface area contributed by atoms with Gasteiger partial charge in [-0.1, -0.05) is 30.3 Å². The van der Waals surface area contributed by atoms with Crippen LogP contribution in [0, 0.1) is 5.92 Å². The van der Waals surface area contributed by atoms with E-state index >= 15 is 0 Å². The van der Waals surface area contributed by atoms with Gasteiger partial charge < -0.3 is 9.80 Å². The maximum absolute atomic E-state index is 13.2. The monoisotopic (exact) mass is 484 g/mol. The quantitative estimate of drug-likeness (QED) is 0.389. The summed E-state index contributed by atoms with van der Waals surface area (Å²) in [7, 11) is 1.92. The van der Waals surface area contributed by atoms with Crippen LogP contribution >= 0.6 is 11.3 Å². The molecule has 7 heteroatoms. The second-order valence-electron chi connectivity index (χ2n) is 9.07. The van der Waals surface area contributed by atoms with Gasteiger partial charge in [-0.3, -0.25) is 19.6 Å². The van der Waals surface area contributed by atoms with E-state index < -0.39 is 0 Å². The molecule has 1 atom stereocenters. The Hall–Kier alpha value is -3.58. The molecule has 1 aliphatic heterocycles. The van der Waals surface area contributed by atoms with E-state index in [1.807, 2.05) is 70.1 Å². The highest BCUT2D eigenvalue weighted by Crippen LogP contribution is 2.28. The number of carbonyl (C=O) groups excluding carboxylic acids is 2. The third-order valence-corrected chi connectivity index (χ3v) is 7.64. The Morgan fingerprint density at radius 1 is 1.00 bits per heavy atom. The van der Waals surface area contributed by atoms with Gasteiger partial charge in [-0.05, 0) is 60.4 Å². The van der Waals surface area contributed by atoms with Gasteiger partial charge in [-0.15, -0.1) is 0 Å². The molecular formula is C28H28N4O2S. The lowest BCUT2D eigenvalue weighted by Gasteiger charge is -2.40. The average Bonchev–Trinajstić information content (AvgIpc) is 3.46. The highest BCUT2D eigenvalue weighted by Gasteiger charge is 2.33. The van der Waals surface area contributed by atoms with Gasteiger partial charge in [0.15, 0.2) is 0 Å². The third-order valence-electron chi connectivity index (χ3n) is 6.96. The predicted molar refractivity (Wildman–Crippen MR) is 139 cm³/mol. The summed E-state index contributed by atoms with van der Waals surface area (Å²) in [6.45, 7) is 1.35. The number of aromatic nitrogens is 2. The minimum absolute atomic E-state index is 0.0262. The molecule has 6 nitrogen and oxygen atoms in total. The van der Waals surface area contributed by atoms with E-state index in [0.29, 0.717) is 24.6 Å². The SMILES string of the molecule is CN(C(=O)c1ccsc1)[C@H](Cc1ccccc1)C1CCN(C(=O)c2ccc3nccnc3c2)CC1. The number of benzene rings is 2. The molecule has 2 aromatic heterocycles. The maximum Gasteiger partial charge on any atom is 0.254 e. The summed E-state index contributed by atoms with van der Waals surface area (Å²) in [6.07, 6.45) is 5.81. The van der Waals surface area contributed by atoms with E-state index in [0.717, 1.165) is 35.9 Å². The van der Waals surface area contributed by atoms with Crippen molar-refractivity contribution in [1.82, 2.24) is 19.8 Å². The topological polar surface area (TPSA) is 66.4 Å². The van der Waals surface area contributed by atoms with Crippen LogP contribution in [0.5, 0.6) is 0 Å². The van der Waals surface area contributed by atoms with Crippen molar-refractivity contribution in [3.05, 3.63) is 94.4 Å². The number of fused-ring (bicyclic) bond motifs is 1. The molecule has 0 radical (unpaired) electrons. The van der Waals surface area contributed by atoms with Gasteiger partial charge in [-0.25, -0.2) is 0 Å². The number of nitrogens with zero attached hydrogens (tertiary/aromatic N) is 4. The summed E-state index contributed by atoms with van der Waals surface area (Å²) < 4.78 is 0. The fourth-order valence-corrected chi connectivity index (χ4v) is 5.61. The van der Waals surface area contributed by atoms with Crippen molar-refractivity contribution in [2.24, 2.45) is 5.92 Å². The predicted octanol–water partition coefficient (Wildman–Crippen LogP) is 4.93. The van der Waals surface area contributed by atoms with E-state index in [4.69, 9.17) is 0 Å². The number of rotatable bonds is 6. The summed E-state index contributed by atoms with van der Waals surface area (Å²) in [5.41, 5.74) is 4.11. The van der Waals surface area contributed by atoms with Crippen molar-refractivity contribution >= 4 is 34.2 Å². The first-order valence-corrected chi connectivity index (χ1v) is 12.9. The lowest BCUT2D eigenvalue weighted by Crippen LogP contribution is -2.48. The molecule has 2 aromatic carbocycles. The molecule has 0 bridgehead atoms. The van der Waals surface area contributed by atoms with E-state index in [9.17, 15) is 9.59 Å². The van der Waals surface area contributed by atoms with Gasteiger partial charge >= 0.3 is 0 Å². The third kappa shape index (κ3) is 5.10. The molecule has 4 aromatic rings. The van der Waals surface area contributed by atoms with Crippen LogP contribution in [0.4, 0.5) is 0 Å². The molecule has 3 heterocycles. The van der Waals surface area contributed by atoms with E-state index in [-0.39, 0.29) is 17.9 Å². The fourth-order valence-electron chi connectivity index (χ4n) is 4.98. The molecule has 1 saturated heterocycles. The maximum atomic E-state index is 13.2. The van der Waals surface area contributed by atoms with Crippen LogP contribution < -0.4 is 0 Å². The first-order valence-electron chi connectivity index (χ1n) is 11.9. The number of carbonyl (C=O) groups is 2. The van der Waals surface area contributed by atoms with Crippen molar-refractivity contribution in [2.75, 3.05) is 20.1 Å². The average molecular weight is 485 g/mol. The smallest absolute Gasteiger partial charge is 0.254 e. The van der Waals surface area contributed by atoms with Crippen LogP contribution in [-0.4, -0.2) is 57.8 Å². The van der Waals surface area contributed by atoms with Crippen LogP contribution in [0.1, 0.15) is 39.1 Å². The lowest BCUT2D eigenvalue weighted by atomic mass is 9.84. The molecule has 1 fully saturated rings. The van der Waals surface area contributed by atoms with Crippen molar-refractivity contribution in [1.29, 1.82) is 0 Å². The molecule has 0 saturated carbocycles. The summed E-state index contributed by atoms with van der Waals surface area (Å²) in [4.78, 5) is 38.9. The Bertz CT molecular complexity index is 1300. The van der Waals surface area contributed by atoms with Crippen molar-refractivity contribution in [2.45, 2.75) is 25.3 Å². The van der Waals surface area contributed by atoms with Gasteiger partial charge in [0.05, 0.1) is 16.6 Å². The number of thiophene rings is 1. The van der Waals surface area contributed by atoms with Crippen LogP contribution in [0.2, 0.25) is 0 Å². The van der Waals surface area contributed by atoms with E-state index in [2.05, 4.69) is 22.1 Å². The number of hydrogen-bond acceptors (Lipinski definition) is 5. The van der Waals surface area contributed by atoms with Crippen LogP contribution in [0.25, 0.3) is 11.0 Å². The van der Waals surface area contributed by atoms with Crippen molar-refractivity contribution in [3.63, 3.8) is 0 Å². The second kappa shape index (κ2) is 10.4. The number of piperidine rings is 1. The Morgan fingerprint density at radius 3 is 2.46 bits per heavy atom. The van der Waals surface area contributed by atoms with Gasteiger partial charge in [0.1, 0.15) is 0 Å². The van der Waals surface area contributed by atoms with Gasteiger partial charge in [0, 0.05) is 49.5 Å². The molecule has 178 valence electrons. The lowest BCUT2D eigenvalue weighted by molar-refractivity contribution is 0.0523. The normalized spacial score (nSPS) is 15.2. The Balaban J connectivity index is 1.30. The van der Waals surface area contributed by atoms with Crippen molar-refractivity contribution < 1.29 is 9.59 Å². The number of likely N-dealkylation sites (N-methyl/N-ethyl adjacent to an activating group) is 1. The van der Waals surface area contributed by atoms with Crippen molar-refractivity contribution in [3.8, 4) is 0 Å². The Morgan fingerprint density at radius 2 is 1.74 bits per heavy atom. The highest BCUT2D eigenvalue weighted by atomic mass is 32.1. The number of hydrogen-bond donors (Lipinski definition) is 0. The zero-order chi connectivity index (χ0) is 24.2. The number of amides is 2. The van der Waals surface area contributed by atoms with E-state index in [1.54, 1.807) is 12.4 Å². The molecular weight excluding hydrogens is 456 g/mol. The summed E-state index contributed by atoms with van der Waals surface area (Å²) in [6, 6.07) is 17.8. The molecule has 0 unspecified atom stereocenters. The van der Waals surface area contributed by atoms with Crippen LogP contribution in [0.3, 0.4) is 0 Å². The molecule has 2 amide bonds. The minimum Gasteiger partial charge on any atom is -0.339 e. The van der Waals surface area contributed by atoms with Crippen LogP contribution in [-0.2, 0) is 6.42 Å². The highest BCUT2D eigenvalue weighted by molar-refractivity contribution is 7.08. The van der Waals surface area contributed by atoms with Gasteiger partial charge in [0.2, 0.25) is 0 Å². The minimum atomic E-state index is 0.0262. The summed E-state index contributed by atoms with van der Waals surface area (Å²) in [5, 5.41) is 3.85. The number of likely N-dealkylation sites (tertiary alicyclic amines) is 1. The zero-order valence-electron chi connectivity index (χ0n) is 19.7. The first-order chi connectivity index (χ1) is 17.1. The van der Waals surface area contributed by atoms with Gasteiger partial charge in [-0.2, -0.15) is 11.3 Å². The Labute approximate surface area is 209 Å². The van der Waals surface area contributed by atoms with Gasteiger partial charge in [0.25, 0.3) is 11.8 Å². The standard InChI is InChI=1S/C28H28N4O2S/c1-31(27(33)23-11-16-35-19-23)26(17-20-5-3-2-4-6-20)21-9-14-32(15-10-21)28(34)22-7-8-24-25(18-22)30-13-12-29-24/h2-8,11-13,16,18-19,21,26H,9-10,14-15,17H2,1H3/t26-/m1/s1. The first kappa shape index (κ1) is 23.2. The molecule has 1 aliphatic rings.